The van der Waals surface area contributed by atoms with Crippen LogP contribution in [0.15, 0.2) is 42.4 Å². The normalized spacial score (nSPS) is 13.0. The van der Waals surface area contributed by atoms with Gasteiger partial charge in [0.2, 0.25) is 0 Å². The summed E-state index contributed by atoms with van der Waals surface area (Å²) in [6, 6.07) is 7.59. The smallest absolute Gasteiger partial charge is 0.251 e. The number of benzene rings is 1. The van der Waals surface area contributed by atoms with Crippen molar-refractivity contribution in [3.63, 3.8) is 0 Å². The van der Waals surface area contributed by atoms with Crippen LogP contribution in [0.1, 0.15) is 47.3 Å². The lowest BCUT2D eigenvalue weighted by Gasteiger charge is -2.07. The van der Waals surface area contributed by atoms with Crippen molar-refractivity contribution >= 4 is 5.91 Å². The van der Waals surface area contributed by atoms with E-state index in [4.69, 9.17) is 0 Å². The summed E-state index contributed by atoms with van der Waals surface area (Å²) in [5, 5.41) is 17.8. The van der Waals surface area contributed by atoms with Crippen molar-refractivity contribution in [2.45, 2.75) is 45.6 Å². The number of amides is 1. The number of rotatable bonds is 10. The summed E-state index contributed by atoms with van der Waals surface area (Å²) >= 11 is 0. The second-order valence-electron chi connectivity index (χ2n) is 6.83. The highest BCUT2D eigenvalue weighted by molar-refractivity contribution is 5.95. The first-order chi connectivity index (χ1) is 13.2. The van der Waals surface area contributed by atoms with Gasteiger partial charge in [-0.05, 0) is 44.2 Å². The number of aromatic nitrogens is 3. The molecule has 7 heteroatoms. The third-order valence-corrected chi connectivity index (χ3v) is 4.68. The SMILES string of the molecule is Cc1ccccc1C(=O)NCCn1cc(CCCCCC2=CNCN2)nn1. The summed E-state index contributed by atoms with van der Waals surface area (Å²) in [6.45, 7) is 3.95. The fraction of sp³-hybridized carbons (Fsp3) is 0.450. The molecule has 7 nitrogen and oxygen atoms in total. The number of aryl methyl sites for hydroxylation is 2. The van der Waals surface area contributed by atoms with Crippen LogP contribution in [0.2, 0.25) is 0 Å². The van der Waals surface area contributed by atoms with E-state index in [0.717, 1.165) is 42.8 Å². The lowest BCUT2D eigenvalue weighted by molar-refractivity contribution is 0.0951. The highest BCUT2D eigenvalue weighted by atomic mass is 16.1. The first-order valence-electron chi connectivity index (χ1n) is 9.61. The molecular weight excluding hydrogens is 340 g/mol. The second-order valence-corrected chi connectivity index (χ2v) is 6.83. The molecule has 0 unspecified atom stereocenters. The van der Waals surface area contributed by atoms with Gasteiger partial charge in [-0.15, -0.1) is 5.10 Å². The van der Waals surface area contributed by atoms with Gasteiger partial charge in [0.25, 0.3) is 5.91 Å². The summed E-state index contributed by atoms with van der Waals surface area (Å²) in [5.74, 6) is -0.0458. The van der Waals surface area contributed by atoms with Gasteiger partial charge < -0.3 is 16.0 Å². The summed E-state index contributed by atoms with van der Waals surface area (Å²) < 4.78 is 1.80. The second kappa shape index (κ2) is 9.75. The van der Waals surface area contributed by atoms with E-state index in [0.29, 0.717) is 13.1 Å². The molecule has 1 aliphatic heterocycles. The predicted molar refractivity (Wildman–Crippen MR) is 105 cm³/mol. The average molecular weight is 368 g/mol. The van der Waals surface area contributed by atoms with E-state index in [1.807, 2.05) is 37.4 Å². The van der Waals surface area contributed by atoms with Crippen molar-refractivity contribution in [1.82, 2.24) is 30.9 Å². The largest absolute Gasteiger partial charge is 0.372 e. The number of allylic oxidation sites excluding steroid dienone is 1. The maximum Gasteiger partial charge on any atom is 0.251 e. The Hall–Kier alpha value is -2.83. The number of carbonyl (C=O) groups excluding carboxylic acids is 1. The van der Waals surface area contributed by atoms with Crippen LogP contribution in [0.4, 0.5) is 0 Å². The summed E-state index contributed by atoms with van der Waals surface area (Å²) in [7, 11) is 0. The zero-order valence-electron chi connectivity index (χ0n) is 15.9. The summed E-state index contributed by atoms with van der Waals surface area (Å²) in [5.41, 5.74) is 4.01. The van der Waals surface area contributed by atoms with Gasteiger partial charge in [-0.2, -0.15) is 0 Å². The van der Waals surface area contributed by atoms with E-state index in [9.17, 15) is 4.79 Å². The van der Waals surface area contributed by atoms with Crippen molar-refractivity contribution in [1.29, 1.82) is 0 Å². The molecule has 1 amide bonds. The molecule has 27 heavy (non-hydrogen) atoms. The van der Waals surface area contributed by atoms with Gasteiger partial charge in [0.1, 0.15) is 0 Å². The Morgan fingerprint density at radius 3 is 2.89 bits per heavy atom. The minimum absolute atomic E-state index is 0.0458. The van der Waals surface area contributed by atoms with Gasteiger partial charge in [0.15, 0.2) is 0 Å². The zero-order chi connectivity index (χ0) is 18.9. The van der Waals surface area contributed by atoms with E-state index >= 15 is 0 Å². The topological polar surface area (TPSA) is 83.9 Å². The Bertz CT molecular complexity index is 782. The minimum atomic E-state index is -0.0458. The molecule has 2 heterocycles. The van der Waals surface area contributed by atoms with Gasteiger partial charge in [-0.25, -0.2) is 0 Å². The molecule has 0 atom stereocenters. The molecule has 0 saturated heterocycles. The first-order valence-corrected chi connectivity index (χ1v) is 9.61. The van der Waals surface area contributed by atoms with Crippen LogP contribution in [-0.4, -0.2) is 34.1 Å². The van der Waals surface area contributed by atoms with Crippen LogP contribution in [0, 0.1) is 6.92 Å². The predicted octanol–water partition coefficient (Wildman–Crippen LogP) is 2.11. The molecule has 0 radical (unpaired) electrons. The van der Waals surface area contributed by atoms with Crippen molar-refractivity contribution in [2.75, 3.05) is 13.2 Å². The number of carbonyl (C=O) groups is 1. The summed E-state index contributed by atoms with van der Waals surface area (Å²) in [4.78, 5) is 12.2. The molecule has 3 rings (SSSR count). The Morgan fingerprint density at radius 2 is 2.07 bits per heavy atom. The quantitative estimate of drug-likeness (QED) is 0.560. The maximum atomic E-state index is 12.2. The first kappa shape index (κ1) is 18.9. The average Bonchev–Trinajstić information content (AvgIpc) is 3.34. The van der Waals surface area contributed by atoms with Crippen LogP contribution in [0.3, 0.4) is 0 Å². The Balaban J connectivity index is 1.32. The molecule has 0 spiro atoms. The van der Waals surface area contributed by atoms with E-state index in [2.05, 4.69) is 32.5 Å². The third kappa shape index (κ3) is 5.84. The molecule has 0 aliphatic carbocycles. The Morgan fingerprint density at radius 1 is 1.22 bits per heavy atom. The van der Waals surface area contributed by atoms with Crippen molar-refractivity contribution in [3.8, 4) is 0 Å². The van der Waals surface area contributed by atoms with E-state index in [1.54, 1.807) is 4.68 Å². The van der Waals surface area contributed by atoms with Crippen molar-refractivity contribution in [2.24, 2.45) is 0 Å². The van der Waals surface area contributed by atoms with Crippen LogP contribution in [0.5, 0.6) is 0 Å². The van der Waals surface area contributed by atoms with E-state index < -0.39 is 0 Å². The zero-order valence-corrected chi connectivity index (χ0v) is 15.9. The van der Waals surface area contributed by atoms with Crippen LogP contribution < -0.4 is 16.0 Å². The maximum absolute atomic E-state index is 12.2. The molecule has 0 fully saturated rings. The Kier molecular flexibility index (Phi) is 6.84. The van der Waals surface area contributed by atoms with Crippen LogP contribution in [-0.2, 0) is 13.0 Å². The van der Waals surface area contributed by atoms with Gasteiger partial charge in [0.05, 0.1) is 18.9 Å². The number of nitrogens with zero attached hydrogens (tertiary/aromatic N) is 3. The van der Waals surface area contributed by atoms with Gasteiger partial charge in [-0.1, -0.05) is 29.8 Å². The molecule has 2 aromatic rings. The van der Waals surface area contributed by atoms with Gasteiger partial charge in [-0.3, -0.25) is 9.48 Å². The number of nitrogens with one attached hydrogen (secondary N) is 3. The third-order valence-electron chi connectivity index (χ3n) is 4.68. The fourth-order valence-electron chi connectivity index (χ4n) is 3.12. The van der Waals surface area contributed by atoms with Crippen molar-refractivity contribution < 1.29 is 4.79 Å². The Labute approximate surface area is 160 Å². The molecule has 0 saturated carbocycles. The molecule has 1 aliphatic rings. The van der Waals surface area contributed by atoms with Crippen LogP contribution >= 0.6 is 0 Å². The number of hydrogen-bond donors (Lipinski definition) is 3. The highest BCUT2D eigenvalue weighted by Gasteiger charge is 2.08. The van der Waals surface area contributed by atoms with Crippen molar-refractivity contribution in [3.05, 3.63) is 59.2 Å². The summed E-state index contributed by atoms with van der Waals surface area (Å²) in [6.07, 6.45) is 9.55. The minimum Gasteiger partial charge on any atom is -0.372 e. The highest BCUT2D eigenvalue weighted by Crippen LogP contribution is 2.10. The lowest BCUT2D eigenvalue weighted by atomic mass is 10.1. The molecular formula is C20H28N6O. The van der Waals surface area contributed by atoms with Gasteiger partial charge in [0, 0.05) is 30.2 Å². The monoisotopic (exact) mass is 368 g/mol. The standard InChI is InChI=1S/C20H28N6O/c1-16-7-5-6-10-19(16)20(27)22-11-12-26-14-18(24-25-26)9-4-2-3-8-17-13-21-15-23-17/h5-7,10,13-14,21,23H,2-4,8-9,11-12,15H2,1H3,(H,22,27). The molecule has 0 bridgehead atoms. The molecule has 3 N–H and O–H groups in total. The van der Waals surface area contributed by atoms with Crippen LogP contribution in [0.25, 0.3) is 0 Å². The number of unbranched alkanes of at least 4 members (excludes halogenated alkanes) is 2. The molecule has 144 valence electrons. The van der Waals surface area contributed by atoms with Gasteiger partial charge >= 0.3 is 0 Å². The fourth-order valence-corrected chi connectivity index (χ4v) is 3.12. The molecule has 1 aromatic carbocycles. The van der Waals surface area contributed by atoms with E-state index in [1.165, 1.54) is 18.5 Å². The molecule has 1 aromatic heterocycles. The lowest BCUT2D eigenvalue weighted by Crippen LogP contribution is -2.27. The number of hydrogen-bond acceptors (Lipinski definition) is 5. The van der Waals surface area contributed by atoms with E-state index in [-0.39, 0.29) is 5.91 Å².